The van der Waals surface area contributed by atoms with E-state index in [1.54, 1.807) is 24.7 Å². The van der Waals surface area contributed by atoms with E-state index in [0.717, 1.165) is 37.6 Å². The fraction of sp³-hybridized carbons (Fsp3) is 0.412. The highest BCUT2D eigenvalue weighted by atomic mass is 16.5. The molecule has 0 aromatic carbocycles. The average molecular weight is 322 g/mol. The third kappa shape index (κ3) is 2.88. The molecule has 2 aliphatic rings. The Morgan fingerprint density at radius 1 is 1.38 bits per heavy atom. The lowest BCUT2D eigenvalue weighted by atomic mass is 9.97. The van der Waals surface area contributed by atoms with Gasteiger partial charge in [-0.15, -0.1) is 0 Å². The number of hydrogen-bond donors (Lipinski definition) is 1. The fourth-order valence-corrected chi connectivity index (χ4v) is 3.50. The summed E-state index contributed by atoms with van der Waals surface area (Å²) in [6.07, 6.45) is 7.09. The zero-order chi connectivity index (χ0) is 16.4. The third-order valence-corrected chi connectivity index (χ3v) is 4.61. The van der Waals surface area contributed by atoms with Crippen molar-refractivity contribution in [1.82, 2.24) is 15.0 Å². The van der Waals surface area contributed by atoms with Crippen LogP contribution in [0, 0.1) is 11.3 Å². The van der Waals surface area contributed by atoms with Crippen LogP contribution < -0.4 is 10.2 Å². The van der Waals surface area contributed by atoms with Gasteiger partial charge in [-0.25, -0.2) is 9.97 Å². The third-order valence-electron chi connectivity index (χ3n) is 4.61. The summed E-state index contributed by atoms with van der Waals surface area (Å²) in [5.41, 5.74) is 0.283. The van der Waals surface area contributed by atoms with Crippen LogP contribution in [0.1, 0.15) is 18.5 Å². The van der Waals surface area contributed by atoms with Gasteiger partial charge in [0.1, 0.15) is 23.4 Å². The van der Waals surface area contributed by atoms with Crippen LogP contribution in [-0.4, -0.2) is 46.3 Å². The Labute approximate surface area is 140 Å². The van der Waals surface area contributed by atoms with E-state index in [1.165, 1.54) is 0 Å². The van der Waals surface area contributed by atoms with Gasteiger partial charge in [-0.3, -0.25) is 4.98 Å². The molecule has 0 bridgehead atoms. The summed E-state index contributed by atoms with van der Waals surface area (Å²) < 4.78 is 6.15. The Hall–Kier alpha value is -2.72. The lowest BCUT2D eigenvalue weighted by molar-refractivity contribution is 0.0228. The Bertz CT molecular complexity index is 761. The molecule has 1 N–H and O–H groups in total. The molecule has 2 saturated heterocycles. The minimum atomic E-state index is -0.137. The highest BCUT2D eigenvalue weighted by molar-refractivity contribution is 5.41. The van der Waals surface area contributed by atoms with Crippen LogP contribution in [0.2, 0.25) is 0 Å². The molecular weight excluding hydrogens is 304 g/mol. The molecule has 0 radical (unpaired) electrons. The van der Waals surface area contributed by atoms with Crippen molar-refractivity contribution < 1.29 is 4.74 Å². The molecule has 2 aliphatic heterocycles. The molecule has 2 aromatic rings. The molecular formula is C17H18N6O. The molecule has 0 aliphatic carbocycles. The molecule has 4 rings (SSSR count). The molecule has 2 fully saturated rings. The normalized spacial score (nSPS) is 25.8. The Balaban J connectivity index is 1.40. The van der Waals surface area contributed by atoms with Crippen molar-refractivity contribution in [3.05, 3.63) is 42.5 Å². The summed E-state index contributed by atoms with van der Waals surface area (Å²) in [7, 11) is 0. The first-order valence-corrected chi connectivity index (χ1v) is 8.05. The van der Waals surface area contributed by atoms with Crippen molar-refractivity contribution in [2.24, 2.45) is 0 Å². The minimum Gasteiger partial charge on any atom is -0.371 e. The second-order valence-electron chi connectivity index (χ2n) is 6.29. The van der Waals surface area contributed by atoms with Crippen molar-refractivity contribution in [3.63, 3.8) is 0 Å². The van der Waals surface area contributed by atoms with Crippen LogP contribution in [0.15, 0.2) is 36.8 Å². The van der Waals surface area contributed by atoms with Crippen molar-refractivity contribution in [2.45, 2.75) is 24.5 Å². The molecule has 24 heavy (non-hydrogen) atoms. The van der Waals surface area contributed by atoms with Gasteiger partial charge < -0.3 is 15.0 Å². The lowest BCUT2D eigenvalue weighted by Crippen LogP contribution is -2.34. The summed E-state index contributed by atoms with van der Waals surface area (Å²) in [6.45, 7) is 2.40. The number of nitriles is 1. The van der Waals surface area contributed by atoms with E-state index in [1.807, 2.05) is 12.1 Å². The van der Waals surface area contributed by atoms with Gasteiger partial charge in [0.05, 0.1) is 24.4 Å². The topological polar surface area (TPSA) is 87.0 Å². The van der Waals surface area contributed by atoms with Crippen LogP contribution in [0.25, 0.3) is 0 Å². The van der Waals surface area contributed by atoms with E-state index in [-0.39, 0.29) is 11.6 Å². The van der Waals surface area contributed by atoms with Gasteiger partial charge in [-0.1, -0.05) is 6.07 Å². The number of nitrogens with one attached hydrogen (secondary N) is 1. The average Bonchev–Trinajstić information content (AvgIpc) is 3.23. The number of ether oxygens (including phenoxy) is 1. The van der Waals surface area contributed by atoms with Gasteiger partial charge in [0.25, 0.3) is 0 Å². The molecule has 0 saturated carbocycles. The molecule has 1 spiro atoms. The van der Waals surface area contributed by atoms with E-state index < -0.39 is 0 Å². The SMILES string of the molecule is N#Cc1cccc(NC2COC3(CCN(c4cnccn4)C3)C2)n1. The number of hydrogen-bond acceptors (Lipinski definition) is 7. The largest absolute Gasteiger partial charge is 0.371 e. The summed E-state index contributed by atoms with van der Waals surface area (Å²) in [6, 6.07) is 7.69. The second kappa shape index (κ2) is 6.06. The number of pyridine rings is 1. The highest BCUT2D eigenvalue weighted by Gasteiger charge is 2.46. The standard InChI is InChI=1S/C17H18N6O/c18-9-13-2-1-3-15(21-13)22-14-8-17(24-11-14)4-7-23(12-17)16-10-19-5-6-20-16/h1-3,5-6,10,14H,4,7-8,11-12H2,(H,21,22). The molecule has 2 aromatic heterocycles. The maximum atomic E-state index is 8.95. The number of aromatic nitrogens is 3. The summed E-state index contributed by atoms with van der Waals surface area (Å²) >= 11 is 0. The van der Waals surface area contributed by atoms with Crippen molar-refractivity contribution in [2.75, 3.05) is 29.9 Å². The van der Waals surface area contributed by atoms with Crippen molar-refractivity contribution in [3.8, 4) is 6.07 Å². The van der Waals surface area contributed by atoms with E-state index in [0.29, 0.717) is 12.3 Å². The summed E-state index contributed by atoms with van der Waals surface area (Å²) in [5, 5.41) is 12.3. The van der Waals surface area contributed by atoms with E-state index in [2.05, 4.69) is 31.2 Å². The van der Waals surface area contributed by atoms with Crippen LogP contribution in [-0.2, 0) is 4.74 Å². The molecule has 4 heterocycles. The van der Waals surface area contributed by atoms with Crippen molar-refractivity contribution >= 4 is 11.6 Å². The minimum absolute atomic E-state index is 0.137. The lowest BCUT2D eigenvalue weighted by Gasteiger charge is -2.23. The highest BCUT2D eigenvalue weighted by Crippen LogP contribution is 2.37. The van der Waals surface area contributed by atoms with Gasteiger partial charge in [0.2, 0.25) is 0 Å². The Kier molecular flexibility index (Phi) is 3.75. The first kappa shape index (κ1) is 14.8. The number of nitrogens with zero attached hydrogens (tertiary/aromatic N) is 5. The number of anilines is 2. The van der Waals surface area contributed by atoms with Gasteiger partial charge in [0.15, 0.2) is 0 Å². The Morgan fingerprint density at radius 2 is 2.33 bits per heavy atom. The predicted octanol–water partition coefficient (Wildman–Crippen LogP) is 1.59. The van der Waals surface area contributed by atoms with Crippen molar-refractivity contribution in [1.29, 1.82) is 5.26 Å². The summed E-state index contributed by atoms with van der Waals surface area (Å²) in [4.78, 5) is 15.0. The quantitative estimate of drug-likeness (QED) is 0.918. The van der Waals surface area contributed by atoms with Crippen LogP contribution in [0.4, 0.5) is 11.6 Å². The first-order valence-electron chi connectivity index (χ1n) is 8.05. The Morgan fingerprint density at radius 3 is 3.17 bits per heavy atom. The molecule has 7 nitrogen and oxygen atoms in total. The second-order valence-corrected chi connectivity index (χ2v) is 6.29. The van der Waals surface area contributed by atoms with Gasteiger partial charge in [-0.05, 0) is 18.6 Å². The van der Waals surface area contributed by atoms with Crippen LogP contribution >= 0.6 is 0 Å². The van der Waals surface area contributed by atoms with Gasteiger partial charge >= 0.3 is 0 Å². The maximum absolute atomic E-state index is 8.95. The smallest absolute Gasteiger partial charge is 0.147 e. The molecule has 7 heteroatoms. The van der Waals surface area contributed by atoms with E-state index in [9.17, 15) is 0 Å². The van der Waals surface area contributed by atoms with Crippen LogP contribution in [0.3, 0.4) is 0 Å². The molecule has 2 atom stereocenters. The maximum Gasteiger partial charge on any atom is 0.147 e. The summed E-state index contributed by atoms with van der Waals surface area (Å²) in [5.74, 6) is 1.63. The fourth-order valence-electron chi connectivity index (χ4n) is 3.50. The monoisotopic (exact) mass is 322 g/mol. The zero-order valence-corrected chi connectivity index (χ0v) is 13.2. The predicted molar refractivity (Wildman–Crippen MR) is 88.5 cm³/mol. The van der Waals surface area contributed by atoms with Crippen LogP contribution in [0.5, 0.6) is 0 Å². The van der Waals surface area contributed by atoms with E-state index in [4.69, 9.17) is 10.00 Å². The van der Waals surface area contributed by atoms with E-state index >= 15 is 0 Å². The molecule has 122 valence electrons. The molecule has 0 amide bonds. The zero-order valence-electron chi connectivity index (χ0n) is 13.2. The van der Waals surface area contributed by atoms with Gasteiger partial charge in [-0.2, -0.15) is 5.26 Å². The number of rotatable bonds is 3. The van der Waals surface area contributed by atoms with Gasteiger partial charge in [0, 0.05) is 31.9 Å². The molecule has 2 unspecified atom stereocenters. The first-order chi connectivity index (χ1) is 11.8.